The van der Waals surface area contributed by atoms with Crippen LogP contribution in [0.3, 0.4) is 0 Å². The standard InChI is InChI=1S/C46H57N13O5S2/c1-8-28(5)56-19-17-55(18-20-56)14-13-21-64-36-25-30(41(47)60)23-33-38(36)57(46(50-33)53-44(63)40-32(9-2)49-29(6)66-40)15-11-12-16-58-39-34(24-31(42(48)61)26-37(39)65-7)51-45(58)52-43(62)35-22-27(4)54-59(35)10-3/h11-12,22-26H,5,8-10,13-21H2,1-4,6-7H3,(H2,47,60)(H2,48,61)(H,50,53,63)(H,51,52,62)/b12-11+. The first-order chi connectivity index (χ1) is 31.7. The highest BCUT2D eigenvalue weighted by Crippen LogP contribution is 2.34. The number of thioether (sulfide) groups is 1. The summed E-state index contributed by atoms with van der Waals surface area (Å²) in [5, 5.41) is 11.2. The van der Waals surface area contributed by atoms with Gasteiger partial charge in [0, 0.05) is 74.1 Å². The Morgan fingerprint density at radius 2 is 1.47 bits per heavy atom. The van der Waals surface area contributed by atoms with E-state index in [9.17, 15) is 19.2 Å². The lowest BCUT2D eigenvalue weighted by Gasteiger charge is -2.36. The summed E-state index contributed by atoms with van der Waals surface area (Å²) in [6.45, 7) is 19.7. The molecule has 4 amide bonds. The molecule has 0 atom stereocenters. The Kier molecular flexibility index (Phi) is 14.9. The Bertz CT molecular complexity index is 2850. The number of amides is 4. The number of rotatable bonds is 20. The number of ether oxygens (including phenoxy) is 1. The lowest BCUT2D eigenvalue weighted by atomic mass is 10.1. The Morgan fingerprint density at radius 3 is 2.08 bits per heavy atom. The molecule has 0 saturated carbocycles. The maximum atomic E-state index is 13.9. The van der Waals surface area contributed by atoms with Gasteiger partial charge in [0.15, 0.2) is 0 Å². The average molecular weight is 936 g/mol. The molecule has 4 aromatic heterocycles. The zero-order valence-electron chi connectivity index (χ0n) is 38.3. The Morgan fingerprint density at radius 1 is 0.848 bits per heavy atom. The van der Waals surface area contributed by atoms with Gasteiger partial charge in [0.1, 0.15) is 21.8 Å². The van der Waals surface area contributed by atoms with E-state index in [4.69, 9.17) is 26.2 Å². The van der Waals surface area contributed by atoms with E-state index in [-0.39, 0.29) is 36.5 Å². The molecule has 7 rings (SSSR count). The van der Waals surface area contributed by atoms with Gasteiger partial charge in [-0.3, -0.25) is 39.4 Å². The van der Waals surface area contributed by atoms with Crippen LogP contribution in [0.15, 0.2) is 59.7 Å². The van der Waals surface area contributed by atoms with Gasteiger partial charge in [0.2, 0.25) is 23.7 Å². The van der Waals surface area contributed by atoms with Gasteiger partial charge in [-0.1, -0.05) is 32.6 Å². The van der Waals surface area contributed by atoms with Gasteiger partial charge in [0.25, 0.3) is 11.8 Å². The molecule has 20 heteroatoms. The molecule has 66 heavy (non-hydrogen) atoms. The van der Waals surface area contributed by atoms with Crippen LogP contribution >= 0.6 is 23.1 Å². The minimum atomic E-state index is -0.640. The number of aryl methyl sites for hydroxylation is 4. The van der Waals surface area contributed by atoms with Crippen LogP contribution in [0.2, 0.25) is 0 Å². The van der Waals surface area contributed by atoms with Gasteiger partial charge < -0.3 is 30.2 Å². The van der Waals surface area contributed by atoms with Crippen molar-refractivity contribution >= 4 is 80.7 Å². The molecule has 5 heterocycles. The van der Waals surface area contributed by atoms with Crippen molar-refractivity contribution in [2.24, 2.45) is 11.5 Å². The topological polar surface area (TPSA) is 226 Å². The van der Waals surface area contributed by atoms with Gasteiger partial charge in [-0.25, -0.2) is 15.0 Å². The molecular formula is C46H57N13O5S2. The number of carbonyl (C=O) groups is 4. The highest BCUT2D eigenvalue weighted by molar-refractivity contribution is 7.98. The van der Waals surface area contributed by atoms with E-state index in [1.54, 1.807) is 35.0 Å². The van der Waals surface area contributed by atoms with Gasteiger partial charge in [-0.05, 0) is 76.6 Å². The van der Waals surface area contributed by atoms with Crippen LogP contribution in [-0.2, 0) is 26.1 Å². The first-order valence-corrected chi connectivity index (χ1v) is 24.1. The number of hydrogen-bond donors (Lipinski definition) is 4. The first kappa shape index (κ1) is 47.5. The summed E-state index contributed by atoms with van der Waals surface area (Å²) in [4.78, 5) is 72.8. The number of nitrogens with one attached hydrogen (secondary N) is 2. The summed E-state index contributed by atoms with van der Waals surface area (Å²) in [5.41, 5.74) is 17.1. The van der Waals surface area contributed by atoms with E-state index in [2.05, 4.69) is 44.0 Å². The second-order valence-corrected chi connectivity index (χ2v) is 17.9. The molecule has 0 unspecified atom stereocenters. The van der Waals surface area contributed by atoms with E-state index >= 15 is 0 Å². The van der Waals surface area contributed by atoms with Crippen molar-refractivity contribution in [2.75, 3.05) is 56.2 Å². The summed E-state index contributed by atoms with van der Waals surface area (Å²) in [6.07, 6.45) is 7.95. The van der Waals surface area contributed by atoms with Crippen LogP contribution in [0, 0.1) is 13.8 Å². The third-order valence-electron chi connectivity index (χ3n) is 11.5. The fourth-order valence-corrected chi connectivity index (χ4v) is 9.63. The quantitative estimate of drug-likeness (QED) is 0.0380. The molecule has 6 aromatic rings. The van der Waals surface area contributed by atoms with E-state index in [0.29, 0.717) is 74.9 Å². The number of aromatic nitrogens is 7. The van der Waals surface area contributed by atoms with E-state index in [1.165, 1.54) is 23.1 Å². The largest absolute Gasteiger partial charge is 0.491 e. The number of carbonyl (C=O) groups excluding carboxylic acids is 4. The van der Waals surface area contributed by atoms with Gasteiger partial charge >= 0.3 is 0 Å². The Labute approximate surface area is 391 Å². The Hall–Kier alpha value is -6.51. The fourth-order valence-electron chi connectivity index (χ4n) is 8.08. The molecular weight excluding hydrogens is 879 g/mol. The van der Waals surface area contributed by atoms with Crippen LogP contribution in [0.1, 0.15) is 90.9 Å². The first-order valence-electron chi connectivity index (χ1n) is 22.0. The van der Waals surface area contributed by atoms with Crippen molar-refractivity contribution < 1.29 is 23.9 Å². The molecule has 0 aliphatic carbocycles. The minimum absolute atomic E-state index is 0.207. The number of benzene rings is 2. The maximum absolute atomic E-state index is 13.9. The number of imidazole rings is 2. The number of fused-ring (bicyclic) bond motifs is 2. The van der Waals surface area contributed by atoms with Crippen molar-refractivity contribution in [3.63, 3.8) is 0 Å². The number of anilines is 2. The fraction of sp³-hybridized carbons (Fsp3) is 0.391. The van der Waals surface area contributed by atoms with Crippen LogP contribution < -0.4 is 26.8 Å². The van der Waals surface area contributed by atoms with E-state index in [0.717, 1.165) is 61.2 Å². The second-order valence-electron chi connectivity index (χ2n) is 15.9. The number of nitrogens with zero attached hydrogens (tertiary/aromatic N) is 9. The molecule has 0 spiro atoms. The van der Waals surface area contributed by atoms with E-state index < -0.39 is 17.7 Å². The zero-order valence-corrected chi connectivity index (χ0v) is 39.9. The lowest BCUT2D eigenvalue weighted by Crippen LogP contribution is -2.45. The average Bonchev–Trinajstić information content (AvgIpc) is 4.07. The van der Waals surface area contributed by atoms with Gasteiger partial charge in [-0.15, -0.1) is 23.1 Å². The summed E-state index contributed by atoms with van der Waals surface area (Å²) in [5.74, 6) is -1.10. The van der Waals surface area contributed by atoms with Crippen LogP contribution in [-0.4, -0.2) is 113 Å². The smallest absolute Gasteiger partial charge is 0.276 e. The van der Waals surface area contributed by atoms with Gasteiger partial charge in [-0.2, -0.15) is 5.10 Å². The summed E-state index contributed by atoms with van der Waals surface area (Å²) in [7, 11) is 0. The molecule has 6 N–H and O–H groups in total. The van der Waals surface area contributed by atoms with Crippen molar-refractivity contribution in [2.45, 2.75) is 78.4 Å². The van der Waals surface area contributed by atoms with Crippen molar-refractivity contribution in [1.82, 2.24) is 43.7 Å². The highest BCUT2D eigenvalue weighted by Gasteiger charge is 2.24. The molecule has 0 bridgehead atoms. The second kappa shape index (κ2) is 20.8. The third kappa shape index (κ3) is 10.3. The Balaban J connectivity index is 1.22. The molecule has 18 nitrogen and oxygen atoms in total. The molecule has 2 aromatic carbocycles. The van der Waals surface area contributed by atoms with Crippen LogP contribution in [0.5, 0.6) is 5.75 Å². The number of nitrogens with two attached hydrogens (primary N) is 2. The highest BCUT2D eigenvalue weighted by atomic mass is 32.2. The predicted octanol–water partition coefficient (Wildman–Crippen LogP) is 6.23. The number of thiazole rings is 1. The zero-order chi connectivity index (χ0) is 47.2. The number of piperazine rings is 1. The van der Waals surface area contributed by atoms with E-state index in [1.807, 2.05) is 55.2 Å². The number of allylic oxidation sites excluding steroid dienone is 3. The molecule has 1 aliphatic heterocycles. The third-order valence-corrected chi connectivity index (χ3v) is 13.2. The van der Waals surface area contributed by atoms with Crippen molar-refractivity contribution in [1.29, 1.82) is 0 Å². The lowest BCUT2D eigenvalue weighted by molar-refractivity contribution is 0.0991. The molecule has 0 radical (unpaired) electrons. The van der Waals surface area contributed by atoms with Gasteiger partial charge in [0.05, 0.1) is 39.6 Å². The van der Waals surface area contributed by atoms with Crippen LogP contribution in [0.25, 0.3) is 22.1 Å². The molecule has 1 fully saturated rings. The number of primary amides is 2. The summed E-state index contributed by atoms with van der Waals surface area (Å²) >= 11 is 2.73. The number of hydrogen-bond acceptors (Lipinski definition) is 13. The summed E-state index contributed by atoms with van der Waals surface area (Å²) in [6, 6.07) is 8.26. The minimum Gasteiger partial charge on any atom is -0.491 e. The monoisotopic (exact) mass is 935 g/mol. The molecule has 1 saturated heterocycles. The molecule has 348 valence electrons. The van der Waals surface area contributed by atoms with Crippen molar-refractivity contribution in [3.05, 3.63) is 92.9 Å². The van der Waals surface area contributed by atoms with Crippen LogP contribution in [0.4, 0.5) is 11.9 Å². The normalized spacial score (nSPS) is 13.3. The maximum Gasteiger partial charge on any atom is 0.276 e. The predicted molar refractivity (Wildman–Crippen MR) is 260 cm³/mol. The molecule has 1 aliphatic rings. The summed E-state index contributed by atoms with van der Waals surface area (Å²) < 4.78 is 11.8. The van der Waals surface area contributed by atoms with Crippen molar-refractivity contribution in [3.8, 4) is 5.75 Å². The SMILES string of the molecule is C=C(CC)N1CCN(CCCOc2cc(C(N)=O)cc3nc(NC(=O)c4sc(C)nc4CC)n(C/C=C/Cn4c(NC(=O)c5cc(C)nn5CC)nc5cc(C(N)=O)cc(SC)c54)c23)CC1.